The third-order valence-electron chi connectivity index (χ3n) is 2.04. The molecular weight excluding hydrogens is 354 g/mol. The van der Waals surface area contributed by atoms with Crippen molar-refractivity contribution >= 4 is 49.0 Å². The Morgan fingerprint density at radius 3 is 2.81 bits per heavy atom. The zero-order valence-electron chi connectivity index (χ0n) is 8.11. The maximum absolute atomic E-state index is 12.0. The Morgan fingerprint density at radius 2 is 2.25 bits per heavy atom. The lowest BCUT2D eigenvalue weighted by atomic mass is 10.1. The summed E-state index contributed by atoms with van der Waals surface area (Å²) in [5.74, 6) is 0.0989. The molecule has 2 aromatic heterocycles. The zero-order chi connectivity index (χ0) is 11.5. The van der Waals surface area contributed by atoms with Gasteiger partial charge in [0.2, 0.25) is 0 Å². The van der Waals surface area contributed by atoms with Crippen LogP contribution >= 0.6 is 43.2 Å². The number of aromatic nitrogens is 1. The van der Waals surface area contributed by atoms with Crippen LogP contribution in [-0.2, 0) is 6.42 Å². The van der Waals surface area contributed by atoms with Gasteiger partial charge in [0.1, 0.15) is 0 Å². The molecule has 0 N–H and O–H groups in total. The molecule has 82 valence electrons. The number of ketones is 1. The summed E-state index contributed by atoms with van der Waals surface area (Å²) in [6.07, 6.45) is 3.80. The molecule has 0 atom stereocenters. The highest BCUT2D eigenvalue weighted by molar-refractivity contribution is 9.12. The third-order valence-corrected chi connectivity index (χ3v) is 4.38. The van der Waals surface area contributed by atoms with E-state index in [9.17, 15) is 4.79 Å². The van der Waals surface area contributed by atoms with Crippen LogP contribution in [0.4, 0.5) is 0 Å². The Kier molecular flexibility index (Phi) is 3.89. The fourth-order valence-corrected chi connectivity index (χ4v) is 4.17. The van der Waals surface area contributed by atoms with E-state index in [1.54, 1.807) is 12.4 Å². The first-order valence-electron chi connectivity index (χ1n) is 4.54. The predicted octanol–water partition coefficient (Wildman–Crippen LogP) is 4.09. The molecule has 0 aliphatic carbocycles. The standard InChI is InChI=1S/C11H7Br2NOS/c12-10-5-8(11(13)16-10)9(15)4-7-2-1-3-14-6-7/h1-3,5-6H,4H2. The number of carbonyl (C=O) groups excluding carboxylic acids is 1. The summed E-state index contributed by atoms with van der Waals surface area (Å²) in [5.41, 5.74) is 1.66. The van der Waals surface area contributed by atoms with Gasteiger partial charge in [0.15, 0.2) is 5.78 Å². The Morgan fingerprint density at radius 1 is 1.44 bits per heavy atom. The SMILES string of the molecule is O=C(Cc1cccnc1)c1cc(Br)sc1Br. The normalized spacial score (nSPS) is 10.4. The Balaban J connectivity index is 2.18. The van der Waals surface area contributed by atoms with Crippen LogP contribution < -0.4 is 0 Å². The molecule has 0 spiro atoms. The number of carbonyl (C=O) groups is 1. The first-order valence-corrected chi connectivity index (χ1v) is 6.94. The lowest BCUT2D eigenvalue weighted by molar-refractivity contribution is 0.0992. The predicted molar refractivity (Wildman–Crippen MR) is 72.0 cm³/mol. The molecule has 2 heterocycles. The second-order valence-corrected chi connectivity index (χ2v) is 6.95. The van der Waals surface area contributed by atoms with Gasteiger partial charge in [0.25, 0.3) is 0 Å². The van der Waals surface area contributed by atoms with E-state index < -0.39 is 0 Å². The van der Waals surface area contributed by atoms with Crippen molar-refractivity contribution in [3.05, 3.63) is 49.3 Å². The van der Waals surface area contributed by atoms with Gasteiger partial charge in [0.05, 0.1) is 7.57 Å². The van der Waals surface area contributed by atoms with E-state index in [2.05, 4.69) is 36.8 Å². The van der Waals surface area contributed by atoms with Gasteiger partial charge in [-0.2, -0.15) is 0 Å². The van der Waals surface area contributed by atoms with Gasteiger partial charge in [-0.3, -0.25) is 9.78 Å². The minimum Gasteiger partial charge on any atom is -0.294 e. The third kappa shape index (κ3) is 2.78. The highest BCUT2D eigenvalue weighted by atomic mass is 79.9. The molecule has 2 aromatic rings. The van der Waals surface area contributed by atoms with Gasteiger partial charge < -0.3 is 0 Å². The summed E-state index contributed by atoms with van der Waals surface area (Å²) in [6, 6.07) is 5.58. The van der Waals surface area contributed by atoms with Crippen LogP contribution in [0, 0.1) is 0 Å². The van der Waals surface area contributed by atoms with Gasteiger partial charge in [-0.15, -0.1) is 11.3 Å². The van der Waals surface area contributed by atoms with Gasteiger partial charge in [-0.1, -0.05) is 6.07 Å². The fourth-order valence-electron chi connectivity index (χ4n) is 1.31. The molecule has 0 aliphatic heterocycles. The largest absolute Gasteiger partial charge is 0.294 e. The van der Waals surface area contributed by atoms with E-state index in [0.717, 1.165) is 18.7 Å². The number of hydrogen-bond acceptors (Lipinski definition) is 3. The van der Waals surface area contributed by atoms with Crippen LogP contribution in [0.15, 0.2) is 38.2 Å². The highest BCUT2D eigenvalue weighted by Gasteiger charge is 2.13. The molecule has 5 heteroatoms. The Bertz CT molecular complexity index is 510. The highest BCUT2D eigenvalue weighted by Crippen LogP contribution is 2.32. The van der Waals surface area contributed by atoms with Crippen molar-refractivity contribution < 1.29 is 4.79 Å². The van der Waals surface area contributed by atoms with Crippen LogP contribution in [0.25, 0.3) is 0 Å². The van der Waals surface area contributed by atoms with Gasteiger partial charge in [-0.25, -0.2) is 0 Å². The number of Topliss-reactive ketones (excluding diaryl/α,β-unsaturated/α-hetero) is 1. The molecule has 0 bridgehead atoms. The molecule has 0 aliphatic rings. The molecule has 2 rings (SSSR count). The number of pyridine rings is 1. The molecule has 16 heavy (non-hydrogen) atoms. The van der Waals surface area contributed by atoms with Crippen LogP contribution in [0.5, 0.6) is 0 Å². The van der Waals surface area contributed by atoms with Gasteiger partial charge >= 0.3 is 0 Å². The van der Waals surface area contributed by atoms with E-state index in [1.807, 2.05) is 18.2 Å². The molecule has 0 radical (unpaired) electrons. The van der Waals surface area contributed by atoms with Gasteiger partial charge in [-0.05, 0) is 49.6 Å². The molecule has 0 unspecified atom stereocenters. The maximum atomic E-state index is 12.0. The quantitative estimate of drug-likeness (QED) is 0.771. The lowest BCUT2D eigenvalue weighted by Gasteiger charge is -1.98. The Hall–Kier alpha value is -0.520. The molecule has 0 saturated carbocycles. The van der Waals surface area contributed by atoms with Crippen molar-refractivity contribution in [1.82, 2.24) is 4.98 Å². The number of hydrogen-bond donors (Lipinski definition) is 0. The minimum absolute atomic E-state index is 0.0989. The van der Waals surface area contributed by atoms with E-state index in [-0.39, 0.29) is 5.78 Å². The number of nitrogens with zero attached hydrogens (tertiary/aromatic N) is 1. The molecule has 0 amide bonds. The van der Waals surface area contributed by atoms with Crippen LogP contribution in [0.1, 0.15) is 15.9 Å². The van der Waals surface area contributed by atoms with E-state index >= 15 is 0 Å². The van der Waals surface area contributed by atoms with Crippen molar-refractivity contribution in [3.8, 4) is 0 Å². The molecule has 0 fully saturated rings. The first-order chi connectivity index (χ1) is 7.66. The fraction of sp³-hybridized carbons (Fsp3) is 0.0909. The molecule has 2 nitrogen and oxygen atoms in total. The molecule has 0 saturated heterocycles. The number of halogens is 2. The van der Waals surface area contributed by atoms with E-state index in [4.69, 9.17) is 0 Å². The minimum atomic E-state index is 0.0989. The van der Waals surface area contributed by atoms with Crippen molar-refractivity contribution in [3.63, 3.8) is 0 Å². The average Bonchev–Trinajstić information content (AvgIpc) is 2.59. The maximum Gasteiger partial charge on any atom is 0.169 e. The monoisotopic (exact) mass is 359 g/mol. The second kappa shape index (κ2) is 5.21. The van der Waals surface area contributed by atoms with Crippen LogP contribution in [0.3, 0.4) is 0 Å². The summed E-state index contributed by atoms with van der Waals surface area (Å²) in [4.78, 5) is 16.0. The summed E-state index contributed by atoms with van der Waals surface area (Å²) >= 11 is 8.25. The van der Waals surface area contributed by atoms with Crippen molar-refractivity contribution in [2.24, 2.45) is 0 Å². The Labute approximate surface area is 114 Å². The number of rotatable bonds is 3. The van der Waals surface area contributed by atoms with Gasteiger partial charge in [0, 0.05) is 24.4 Å². The van der Waals surface area contributed by atoms with E-state index in [0.29, 0.717) is 6.42 Å². The molecular formula is C11H7Br2NOS. The second-order valence-electron chi connectivity index (χ2n) is 3.20. The smallest absolute Gasteiger partial charge is 0.169 e. The molecule has 0 aromatic carbocycles. The van der Waals surface area contributed by atoms with Crippen molar-refractivity contribution in [1.29, 1.82) is 0 Å². The summed E-state index contributed by atoms with van der Waals surface area (Å²) in [6.45, 7) is 0. The van der Waals surface area contributed by atoms with Crippen molar-refractivity contribution in [2.45, 2.75) is 6.42 Å². The van der Waals surface area contributed by atoms with Crippen molar-refractivity contribution in [2.75, 3.05) is 0 Å². The summed E-state index contributed by atoms with van der Waals surface area (Å²) < 4.78 is 1.82. The summed E-state index contributed by atoms with van der Waals surface area (Å²) in [5, 5.41) is 0. The van der Waals surface area contributed by atoms with Crippen LogP contribution in [-0.4, -0.2) is 10.8 Å². The summed E-state index contributed by atoms with van der Waals surface area (Å²) in [7, 11) is 0. The average molecular weight is 361 g/mol. The van der Waals surface area contributed by atoms with Crippen LogP contribution in [0.2, 0.25) is 0 Å². The topological polar surface area (TPSA) is 30.0 Å². The first kappa shape index (κ1) is 12.0. The zero-order valence-corrected chi connectivity index (χ0v) is 12.1. The van der Waals surface area contributed by atoms with E-state index in [1.165, 1.54) is 11.3 Å². The lowest BCUT2D eigenvalue weighted by Crippen LogP contribution is -2.02. The number of thiophene rings is 1.